The SMILES string of the molecule is Cc1c(CN2CC3CCC(C2)N3C(=O)C2CCCC2)cc(Cl)cc1Nc1nc2c(F)cccc2o1. The summed E-state index contributed by atoms with van der Waals surface area (Å²) in [7, 11) is 0. The van der Waals surface area contributed by atoms with Gasteiger partial charge in [-0.2, -0.15) is 4.98 Å². The number of rotatable bonds is 5. The molecule has 2 saturated heterocycles. The van der Waals surface area contributed by atoms with E-state index in [-0.39, 0.29) is 17.4 Å². The Balaban J connectivity index is 1.18. The monoisotopic (exact) mass is 496 g/mol. The van der Waals surface area contributed by atoms with Gasteiger partial charge in [0.15, 0.2) is 11.4 Å². The van der Waals surface area contributed by atoms with Crippen LogP contribution < -0.4 is 5.32 Å². The number of fused-ring (bicyclic) bond motifs is 3. The van der Waals surface area contributed by atoms with Crippen LogP contribution in [0.2, 0.25) is 5.02 Å². The molecule has 6 rings (SSSR count). The number of hydrogen-bond donors (Lipinski definition) is 1. The molecule has 2 aromatic carbocycles. The normalized spacial score (nSPS) is 22.9. The summed E-state index contributed by atoms with van der Waals surface area (Å²) in [6.45, 7) is 4.61. The van der Waals surface area contributed by atoms with E-state index in [2.05, 4.69) is 20.1 Å². The number of amides is 1. The lowest BCUT2D eigenvalue weighted by molar-refractivity contribution is -0.141. The van der Waals surface area contributed by atoms with Gasteiger partial charge in [-0.1, -0.05) is 30.5 Å². The van der Waals surface area contributed by atoms with Crippen LogP contribution >= 0.6 is 11.6 Å². The minimum absolute atomic E-state index is 0.204. The van der Waals surface area contributed by atoms with Gasteiger partial charge in [0.05, 0.1) is 0 Å². The first-order chi connectivity index (χ1) is 17.0. The van der Waals surface area contributed by atoms with Crippen LogP contribution in [0.5, 0.6) is 0 Å². The third kappa shape index (κ3) is 4.29. The summed E-state index contributed by atoms with van der Waals surface area (Å²) in [5.74, 6) is 0.228. The predicted octanol–water partition coefficient (Wildman–Crippen LogP) is 6.04. The number of halogens is 2. The fourth-order valence-corrected chi connectivity index (χ4v) is 6.46. The number of nitrogens with one attached hydrogen (secondary N) is 1. The van der Waals surface area contributed by atoms with Crippen molar-refractivity contribution in [3.63, 3.8) is 0 Å². The third-order valence-electron chi connectivity index (χ3n) is 8.00. The Morgan fingerprint density at radius 3 is 2.63 bits per heavy atom. The zero-order valence-corrected chi connectivity index (χ0v) is 20.7. The van der Waals surface area contributed by atoms with Crippen molar-refractivity contribution in [2.24, 2.45) is 5.92 Å². The van der Waals surface area contributed by atoms with E-state index in [1.165, 1.54) is 18.9 Å². The summed E-state index contributed by atoms with van der Waals surface area (Å²) in [5.41, 5.74) is 3.56. The van der Waals surface area contributed by atoms with Crippen LogP contribution in [0.1, 0.15) is 49.7 Å². The predicted molar refractivity (Wildman–Crippen MR) is 134 cm³/mol. The van der Waals surface area contributed by atoms with Gasteiger partial charge in [0, 0.05) is 48.3 Å². The smallest absolute Gasteiger partial charge is 0.300 e. The number of piperazine rings is 1. The molecule has 2 aliphatic heterocycles. The van der Waals surface area contributed by atoms with E-state index in [0.717, 1.165) is 62.1 Å². The number of benzene rings is 2. The molecule has 0 spiro atoms. The molecule has 3 aromatic rings. The molecule has 3 aliphatic rings. The lowest BCUT2D eigenvalue weighted by Gasteiger charge is -2.42. The summed E-state index contributed by atoms with van der Waals surface area (Å²) < 4.78 is 19.7. The van der Waals surface area contributed by atoms with Gasteiger partial charge < -0.3 is 14.6 Å². The first-order valence-corrected chi connectivity index (χ1v) is 13.0. The Labute approximate surface area is 209 Å². The zero-order chi connectivity index (χ0) is 24.1. The van der Waals surface area contributed by atoms with Crippen LogP contribution in [0.3, 0.4) is 0 Å². The summed E-state index contributed by atoms with van der Waals surface area (Å²) in [5, 5.41) is 3.81. The number of carbonyl (C=O) groups excluding carboxylic acids is 1. The summed E-state index contributed by atoms with van der Waals surface area (Å²) in [6, 6.07) is 9.37. The Hall–Kier alpha value is -2.64. The maximum absolute atomic E-state index is 14.0. The molecule has 1 amide bonds. The van der Waals surface area contributed by atoms with Crippen molar-refractivity contribution < 1.29 is 13.6 Å². The van der Waals surface area contributed by atoms with Gasteiger partial charge >= 0.3 is 0 Å². The number of hydrogen-bond acceptors (Lipinski definition) is 5. The fourth-order valence-electron chi connectivity index (χ4n) is 6.22. The van der Waals surface area contributed by atoms with E-state index < -0.39 is 5.82 Å². The lowest BCUT2D eigenvalue weighted by atomic mass is 10.0. The van der Waals surface area contributed by atoms with Gasteiger partial charge in [-0.05, 0) is 68.0 Å². The van der Waals surface area contributed by atoms with Crippen molar-refractivity contribution in [2.45, 2.75) is 64.1 Å². The Bertz CT molecular complexity index is 1260. The maximum atomic E-state index is 14.0. The molecule has 8 heteroatoms. The van der Waals surface area contributed by atoms with E-state index in [9.17, 15) is 9.18 Å². The largest absolute Gasteiger partial charge is 0.423 e. The second-order valence-corrected chi connectivity index (χ2v) is 10.7. The number of carbonyl (C=O) groups is 1. The second kappa shape index (κ2) is 9.10. The molecule has 35 heavy (non-hydrogen) atoms. The third-order valence-corrected chi connectivity index (χ3v) is 8.22. The summed E-state index contributed by atoms with van der Waals surface area (Å²) >= 11 is 6.49. The van der Waals surface area contributed by atoms with Crippen molar-refractivity contribution in [3.8, 4) is 0 Å². The fraction of sp³-hybridized carbons (Fsp3) is 0.481. The van der Waals surface area contributed by atoms with Crippen LogP contribution in [0.15, 0.2) is 34.7 Å². The number of nitrogens with zero attached hydrogens (tertiary/aromatic N) is 3. The van der Waals surface area contributed by atoms with Gasteiger partial charge in [0.2, 0.25) is 5.91 Å². The molecule has 3 fully saturated rings. The van der Waals surface area contributed by atoms with Gasteiger partial charge in [-0.25, -0.2) is 4.39 Å². The standard InChI is InChI=1S/C27H30ClFN4O2/c1-16-18(11-19(28)12-23(16)30-27-31-25-22(29)7-4-8-24(25)35-27)13-32-14-20-9-10-21(15-32)33(20)26(34)17-5-2-3-6-17/h4,7-8,11-12,17,20-21H,2-3,5-6,9-10,13-15H2,1H3,(H,30,31). The molecule has 1 N–H and O–H groups in total. The molecule has 0 radical (unpaired) electrons. The van der Waals surface area contributed by atoms with E-state index in [0.29, 0.717) is 28.6 Å². The molecule has 1 aliphatic carbocycles. The van der Waals surface area contributed by atoms with Crippen LogP contribution in [-0.2, 0) is 11.3 Å². The highest BCUT2D eigenvalue weighted by Crippen LogP contribution is 2.37. The lowest BCUT2D eigenvalue weighted by Crippen LogP contribution is -2.56. The van der Waals surface area contributed by atoms with Gasteiger partial charge in [0.1, 0.15) is 5.52 Å². The van der Waals surface area contributed by atoms with Gasteiger partial charge in [-0.3, -0.25) is 9.69 Å². The minimum Gasteiger partial charge on any atom is -0.423 e. The van der Waals surface area contributed by atoms with Crippen molar-refractivity contribution in [3.05, 3.63) is 52.3 Å². The number of anilines is 2. The Kier molecular flexibility index (Phi) is 5.93. The molecule has 6 nitrogen and oxygen atoms in total. The van der Waals surface area contributed by atoms with E-state index in [1.807, 2.05) is 19.1 Å². The van der Waals surface area contributed by atoms with Crippen LogP contribution in [-0.4, -0.2) is 45.9 Å². The number of para-hydroxylation sites is 1. The highest BCUT2D eigenvalue weighted by molar-refractivity contribution is 6.31. The highest BCUT2D eigenvalue weighted by Gasteiger charge is 2.44. The first-order valence-electron chi connectivity index (χ1n) is 12.6. The molecule has 2 bridgehead atoms. The maximum Gasteiger partial charge on any atom is 0.300 e. The molecular formula is C27H30ClFN4O2. The van der Waals surface area contributed by atoms with Crippen molar-refractivity contribution in [1.29, 1.82) is 0 Å². The van der Waals surface area contributed by atoms with Crippen molar-refractivity contribution in [1.82, 2.24) is 14.8 Å². The Morgan fingerprint density at radius 1 is 1.17 bits per heavy atom. The molecule has 1 saturated carbocycles. The number of likely N-dealkylation sites (tertiary alicyclic amines) is 1. The molecular weight excluding hydrogens is 467 g/mol. The average molecular weight is 497 g/mol. The number of aromatic nitrogens is 1. The van der Waals surface area contributed by atoms with Crippen LogP contribution in [0.4, 0.5) is 16.1 Å². The quantitative estimate of drug-likeness (QED) is 0.466. The summed E-state index contributed by atoms with van der Waals surface area (Å²) in [4.78, 5) is 22.1. The highest BCUT2D eigenvalue weighted by atomic mass is 35.5. The topological polar surface area (TPSA) is 61.6 Å². The van der Waals surface area contributed by atoms with Crippen molar-refractivity contribution >= 4 is 40.3 Å². The zero-order valence-electron chi connectivity index (χ0n) is 19.9. The number of oxazole rings is 1. The van der Waals surface area contributed by atoms with E-state index in [1.54, 1.807) is 12.1 Å². The Morgan fingerprint density at radius 2 is 1.91 bits per heavy atom. The van der Waals surface area contributed by atoms with Gasteiger partial charge in [-0.15, -0.1) is 0 Å². The molecule has 184 valence electrons. The van der Waals surface area contributed by atoms with E-state index >= 15 is 0 Å². The summed E-state index contributed by atoms with van der Waals surface area (Å²) in [6.07, 6.45) is 6.68. The second-order valence-electron chi connectivity index (χ2n) is 10.3. The molecule has 1 aromatic heterocycles. The van der Waals surface area contributed by atoms with Crippen molar-refractivity contribution in [2.75, 3.05) is 18.4 Å². The van der Waals surface area contributed by atoms with Crippen LogP contribution in [0.25, 0.3) is 11.1 Å². The van der Waals surface area contributed by atoms with Gasteiger partial charge in [0.25, 0.3) is 6.01 Å². The first kappa shape index (κ1) is 22.8. The average Bonchev–Trinajstić information content (AvgIpc) is 3.56. The van der Waals surface area contributed by atoms with Crippen LogP contribution in [0, 0.1) is 18.7 Å². The molecule has 2 unspecified atom stereocenters. The molecule has 2 atom stereocenters. The molecule has 3 heterocycles. The minimum atomic E-state index is -0.414. The van der Waals surface area contributed by atoms with E-state index in [4.69, 9.17) is 16.0 Å².